The molecule has 0 bridgehead atoms. The minimum Gasteiger partial charge on any atom is -0.341 e. The van der Waals surface area contributed by atoms with Crippen LogP contribution in [0.2, 0.25) is 0 Å². The van der Waals surface area contributed by atoms with E-state index < -0.39 is 0 Å². The third-order valence-electron chi connectivity index (χ3n) is 2.92. The van der Waals surface area contributed by atoms with Crippen molar-refractivity contribution in [3.05, 3.63) is 9.47 Å². The average molecular weight is 377 g/mol. The molecule has 2 rings (SSSR count). The highest BCUT2D eigenvalue weighted by atomic mass is 79.9. The monoisotopic (exact) mass is 375 g/mol. The predicted octanol–water partition coefficient (Wildman–Crippen LogP) is 1.57. The zero-order valence-electron chi connectivity index (χ0n) is 9.51. The topological polar surface area (TPSA) is 74.8 Å². The fourth-order valence-corrected chi connectivity index (χ4v) is 2.85. The van der Waals surface area contributed by atoms with Crippen molar-refractivity contribution in [3.8, 4) is 6.07 Å². The molecule has 0 saturated carbocycles. The summed E-state index contributed by atoms with van der Waals surface area (Å²) in [5, 5.41) is 12.9. The van der Waals surface area contributed by atoms with E-state index in [9.17, 15) is 4.79 Å². The van der Waals surface area contributed by atoms with Crippen molar-refractivity contribution in [1.82, 2.24) is 19.7 Å². The summed E-state index contributed by atoms with van der Waals surface area (Å²) in [5.41, 5.74) is 0. The number of amides is 1. The van der Waals surface area contributed by atoms with Crippen LogP contribution in [0.5, 0.6) is 0 Å². The van der Waals surface area contributed by atoms with Crippen LogP contribution >= 0.6 is 31.9 Å². The predicted molar refractivity (Wildman–Crippen MR) is 70.3 cm³/mol. The second-order valence-electron chi connectivity index (χ2n) is 4.09. The fourth-order valence-electron chi connectivity index (χ4n) is 1.88. The highest BCUT2D eigenvalue weighted by molar-refractivity contribution is 9.11. The van der Waals surface area contributed by atoms with Crippen molar-refractivity contribution in [3.63, 3.8) is 0 Å². The summed E-state index contributed by atoms with van der Waals surface area (Å²) in [6, 6.07) is 2.25. The first-order valence-corrected chi connectivity index (χ1v) is 7.12. The van der Waals surface area contributed by atoms with Gasteiger partial charge in [0.05, 0.1) is 6.07 Å². The Morgan fingerprint density at radius 1 is 1.44 bits per heavy atom. The van der Waals surface area contributed by atoms with E-state index in [1.54, 1.807) is 4.90 Å². The quantitative estimate of drug-likeness (QED) is 0.785. The molecule has 0 aliphatic carbocycles. The fraction of sp³-hybridized carbons (Fsp3) is 0.600. The molecule has 0 unspecified atom stereocenters. The number of nitrogens with zero attached hydrogens (tertiary/aromatic N) is 5. The van der Waals surface area contributed by atoms with Gasteiger partial charge in [-0.05, 0) is 44.7 Å². The molecule has 1 aromatic rings. The molecule has 1 saturated heterocycles. The van der Waals surface area contributed by atoms with Crippen molar-refractivity contribution in [1.29, 1.82) is 5.26 Å². The zero-order valence-corrected chi connectivity index (χ0v) is 12.7. The van der Waals surface area contributed by atoms with Crippen LogP contribution in [0.4, 0.5) is 0 Å². The van der Waals surface area contributed by atoms with E-state index in [-0.39, 0.29) is 18.4 Å². The lowest BCUT2D eigenvalue weighted by Crippen LogP contribution is -2.40. The van der Waals surface area contributed by atoms with Gasteiger partial charge in [0.25, 0.3) is 0 Å². The van der Waals surface area contributed by atoms with Crippen molar-refractivity contribution < 1.29 is 4.79 Å². The maximum Gasteiger partial charge on any atom is 0.244 e. The van der Waals surface area contributed by atoms with Crippen LogP contribution in [0, 0.1) is 17.2 Å². The average Bonchev–Trinajstić information content (AvgIpc) is 2.68. The number of nitriles is 1. The summed E-state index contributed by atoms with van der Waals surface area (Å²) in [6.45, 7) is 1.45. The molecule has 1 aromatic heterocycles. The first-order valence-electron chi connectivity index (χ1n) is 5.53. The minimum absolute atomic E-state index is 0.00416. The van der Waals surface area contributed by atoms with Gasteiger partial charge in [-0.2, -0.15) is 10.2 Å². The van der Waals surface area contributed by atoms with Gasteiger partial charge in [-0.3, -0.25) is 4.79 Å². The first kappa shape index (κ1) is 13.5. The maximum atomic E-state index is 12.0. The van der Waals surface area contributed by atoms with Gasteiger partial charge in [0, 0.05) is 19.0 Å². The molecule has 1 amide bonds. The van der Waals surface area contributed by atoms with Gasteiger partial charge >= 0.3 is 0 Å². The van der Waals surface area contributed by atoms with Crippen LogP contribution in [0.25, 0.3) is 0 Å². The number of aromatic nitrogens is 3. The van der Waals surface area contributed by atoms with Gasteiger partial charge in [-0.1, -0.05) is 0 Å². The van der Waals surface area contributed by atoms with Crippen LogP contribution in [-0.2, 0) is 11.3 Å². The molecule has 0 spiro atoms. The van der Waals surface area contributed by atoms with E-state index in [1.165, 1.54) is 4.68 Å². The van der Waals surface area contributed by atoms with Crippen LogP contribution in [-0.4, -0.2) is 38.7 Å². The largest absolute Gasteiger partial charge is 0.341 e. The number of piperidine rings is 1. The Hall–Kier alpha value is -0.940. The third kappa shape index (κ3) is 3.09. The van der Waals surface area contributed by atoms with Crippen molar-refractivity contribution in [2.45, 2.75) is 19.4 Å². The molecule has 6 nitrogen and oxygen atoms in total. The lowest BCUT2D eigenvalue weighted by atomic mass is 9.99. The SMILES string of the molecule is N#CC1CCN(C(=O)Cn2nc(Br)nc2Br)CC1. The van der Waals surface area contributed by atoms with E-state index in [2.05, 4.69) is 48.0 Å². The van der Waals surface area contributed by atoms with Gasteiger partial charge in [-0.25, -0.2) is 4.68 Å². The Labute approximate surface area is 121 Å². The molecule has 18 heavy (non-hydrogen) atoms. The Kier molecular flexibility index (Phi) is 4.35. The number of rotatable bonds is 2. The molecule has 1 fully saturated rings. The molecule has 96 valence electrons. The van der Waals surface area contributed by atoms with E-state index in [0.717, 1.165) is 12.8 Å². The number of carbonyl (C=O) groups excluding carboxylic acids is 1. The van der Waals surface area contributed by atoms with Gasteiger partial charge in [-0.15, -0.1) is 5.10 Å². The van der Waals surface area contributed by atoms with Crippen LogP contribution < -0.4 is 0 Å². The molecule has 0 radical (unpaired) electrons. The second-order valence-corrected chi connectivity index (χ2v) is 5.51. The summed E-state index contributed by atoms with van der Waals surface area (Å²) >= 11 is 6.39. The van der Waals surface area contributed by atoms with E-state index in [4.69, 9.17) is 5.26 Å². The standard InChI is InChI=1S/C10H11Br2N5O/c11-9-14-10(12)17(15-9)6-8(18)16-3-1-7(5-13)2-4-16/h7H,1-4,6H2. The molecule has 1 aliphatic heterocycles. The lowest BCUT2D eigenvalue weighted by molar-refractivity contribution is -0.133. The van der Waals surface area contributed by atoms with E-state index in [0.29, 0.717) is 22.6 Å². The number of likely N-dealkylation sites (tertiary alicyclic amines) is 1. The summed E-state index contributed by atoms with van der Waals surface area (Å²) in [5.74, 6) is 0.0887. The second kappa shape index (κ2) is 5.80. The molecular formula is C10H11Br2N5O. The van der Waals surface area contributed by atoms with Gasteiger partial charge in [0.2, 0.25) is 10.6 Å². The van der Waals surface area contributed by atoms with Crippen LogP contribution in [0.15, 0.2) is 9.47 Å². The Morgan fingerprint density at radius 2 is 2.11 bits per heavy atom. The normalized spacial score (nSPS) is 16.6. The van der Waals surface area contributed by atoms with Crippen molar-refractivity contribution in [2.24, 2.45) is 5.92 Å². The smallest absolute Gasteiger partial charge is 0.244 e. The highest BCUT2D eigenvalue weighted by Crippen LogP contribution is 2.17. The van der Waals surface area contributed by atoms with Gasteiger partial charge in [0.15, 0.2) is 4.73 Å². The third-order valence-corrected chi connectivity index (χ3v) is 3.84. The number of hydrogen-bond acceptors (Lipinski definition) is 4. The maximum absolute atomic E-state index is 12.0. The molecule has 0 aromatic carbocycles. The van der Waals surface area contributed by atoms with Crippen LogP contribution in [0.1, 0.15) is 12.8 Å². The number of carbonyl (C=O) groups is 1. The molecule has 0 atom stereocenters. The zero-order chi connectivity index (χ0) is 13.1. The van der Waals surface area contributed by atoms with Crippen LogP contribution in [0.3, 0.4) is 0 Å². The summed E-state index contributed by atoms with van der Waals surface area (Å²) in [4.78, 5) is 17.8. The van der Waals surface area contributed by atoms with Crippen molar-refractivity contribution in [2.75, 3.05) is 13.1 Å². The summed E-state index contributed by atoms with van der Waals surface area (Å²) in [7, 11) is 0. The molecule has 0 N–H and O–H groups in total. The number of hydrogen-bond donors (Lipinski definition) is 0. The Bertz CT molecular complexity index is 487. The molecular weight excluding hydrogens is 366 g/mol. The minimum atomic E-state index is 0.00416. The van der Waals surface area contributed by atoms with E-state index >= 15 is 0 Å². The summed E-state index contributed by atoms with van der Waals surface area (Å²) < 4.78 is 2.47. The van der Waals surface area contributed by atoms with Crippen molar-refractivity contribution >= 4 is 37.8 Å². The first-order chi connectivity index (χ1) is 8.60. The Morgan fingerprint density at radius 3 is 2.61 bits per heavy atom. The van der Waals surface area contributed by atoms with Gasteiger partial charge in [0.1, 0.15) is 6.54 Å². The lowest BCUT2D eigenvalue weighted by Gasteiger charge is -2.29. The molecule has 2 heterocycles. The molecule has 1 aliphatic rings. The van der Waals surface area contributed by atoms with E-state index in [1.807, 2.05) is 0 Å². The summed E-state index contributed by atoms with van der Waals surface area (Å²) in [6.07, 6.45) is 1.51. The Balaban J connectivity index is 1.93. The molecule has 8 heteroatoms. The van der Waals surface area contributed by atoms with Gasteiger partial charge < -0.3 is 4.90 Å². The highest BCUT2D eigenvalue weighted by Gasteiger charge is 2.23. The number of halogens is 2.